The average molecular weight is 382 g/mol. The van der Waals surface area contributed by atoms with Crippen LogP contribution in [0.15, 0.2) is 33.0 Å². The van der Waals surface area contributed by atoms with E-state index in [4.69, 9.17) is 14.5 Å². The fraction of sp³-hybridized carbons (Fsp3) is 0.500. The van der Waals surface area contributed by atoms with E-state index < -0.39 is 0 Å². The summed E-state index contributed by atoms with van der Waals surface area (Å²) in [4.78, 5) is 6.26. The highest BCUT2D eigenvalue weighted by Gasteiger charge is 2.29. The Kier molecular flexibility index (Phi) is 4.71. The number of ether oxygens (including phenoxy) is 2. The Morgan fingerprint density at radius 2 is 2.11 bits per heavy atom. The molecule has 0 radical (unpaired) electrons. The molecule has 6 nitrogen and oxygen atoms in total. The van der Waals surface area contributed by atoms with Gasteiger partial charge in [-0.15, -0.1) is 16.4 Å². The van der Waals surface area contributed by atoms with E-state index in [0.29, 0.717) is 19.0 Å². The summed E-state index contributed by atoms with van der Waals surface area (Å²) < 4.78 is 11.9. The van der Waals surface area contributed by atoms with E-state index in [1.54, 1.807) is 11.3 Å². The zero-order valence-electron chi connectivity index (χ0n) is 15.2. The van der Waals surface area contributed by atoms with Crippen molar-refractivity contribution in [2.24, 2.45) is 15.4 Å². The second-order valence-electron chi connectivity index (χ2n) is 7.17. The van der Waals surface area contributed by atoms with Gasteiger partial charge in [-0.2, -0.15) is 5.11 Å². The van der Waals surface area contributed by atoms with Crippen LogP contribution in [0.1, 0.15) is 42.5 Å². The van der Waals surface area contributed by atoms with Gasteiger partial charge in [0.25, 0.3) is 0 Å². The number of aryl methyl sites for hydroxylation is 1. The number of rotatable bonds is 4. The zero-order chi connectivity index (χ0) is 18.1. The second kappa shape index (κ2) is 7.48. The predicted octanol–water partition coefficient (Wildman–Crippen LogP) is 4.42. The monoisotopic (exact) mass is 382 g/mol. The van der Waals surface area contributed by atoms with Crippen LogP contribution in [0.4, 0.5) is 0 Å². The predicted molar refractivity (Wildman–Crippen MR) is 105 cm³/mol. The fourth-order valence-corrected chi connectivity index (χ4v) is 4.85. The first-order chi connectivity index (χ1) is 13.4. The molecule has 2 aromatic rings. The molecule has 0 bridgehead atoms. The molecule has 0 spiro atoms. The summed E-state index contributed by atoms with van der Waals surface area (Å²) in [7, 11) is 0. The molecule has 7 heteroatoms. The molecular formula is C20H22N4O2S. The van der Waals surface area contributed by atoms with Gasteiger partial charge >= 0.3 is 0 Å². The van der Waals surface area contributed by atoms with E-state index in [2.05, 4.69) is 33.0 Å². The maximum atomic E-state index is 6.37. The van der Waals surface area contributed by atoms with Crippen LogP contribution in [0, 0.1) is 0 Å². The molecule has 140 valence electrons. The third-order valence-corrected chi connectivity index (χ3v) is 6.25. The molecule has 1 aliphatic carbocycles. The van der Waals surface area contributed by atoms with E-state index >= 15 is 0 Å². The second-order valence-corrected chi connectivity index (χ2v) is 8.12. The Hall–Kier alpha value is -2.12. The topological polar surface area (TPSA) is 68.4 Å². The minimum absolute atomic E-state index is 0.0483. The molecule has 27 heavy (non-hydrogen) atoms. The van der Waals surface area contributed by atoms with Crippen molar-refractivity contribution in [2.45, 2.75) is 44.6 Å². The van der Waals surface area contributed by atoms with Gasteiger partial charge in [-0.25, -0.2) is 4.98 Å². The van der Waals surface area contributed by atoms with Gasteiger partial charge in [0.2, 0.25) is 5.88 Å². The molecule has 0 N–H and O–H groups in total. The van der Waals surface area contributed by atoms with Crippen molar-refractivity contribution in [3.63, 3.8) is 0 Å². The number of aromatic nitrogens is 1. The summed E-state index contributed by atoms with van der Waals surface area (Å²) in [5, 5.41) is 14.4. The summed E-state index contributed by atoms with van der Waals surface area (Å²) in [6, 6.07) is 4.28. The Balaban J connectivity index is 1.71. The van der Waals surface area contributed by atoms with Crippen molar-refractivity contribution in [1.29, 1.82) is 0 Å². The Morgan fingerprint density at radius 3 is 2.89 bits per heavy atom. The van der Waals surface area contributed by atoms with Gasteiger partial charge in [0.05, 0.1) is 18.8 Å². The van der Waals surface area contributed by atoms with E-state index in [9.17, 15) is 0 Å². The average Bonchev–Trinajstić information content (AvgIpc) is 3.43. The van der Waals surface area contributed by atoms with Gasteiger partial charge in [-0.1, -0.05) is 12.5 Å². The number of hydrogen-bond donors (Lipinski definition) is 0. The van der Waals surface area contributed by atoms with Gasteiger partial charge in [0.15, 0.2) is 0 Å². The van der Waals surface area contributed by atoms with Crippen molar-refractivity contribution in [1.82, 2.24) is 4.98 Å². The molecule has 0 unspecified atom stereocenters. The number of fused-ring (bicyclic) bond motifs is 1. The molecular weight excluding hydrogens is 360 g/mol. The number of thiophene rings is 1. The lowest BCUT2D eigenvalue weighted by atomic mass is 9.93. The molecule has 1 atom stereocenters. The number of pyridine rings is 1. The summed E-state index contributed by atoms with van der Waals surface area (Å²) in [5.74, 6) is 0.681. The van der Waals surface area contributed by atoms with Crippen molar-refractivity contribution >= 4 is 17.0 Å². The highest BCUT2D eigenvalue weighted by molar-refractivity contribution is 7.13. The van der Waals surface area contributed by atoms with E-state index in [1.165, 1.54) is 41.0 Å². The lowest BCUT2D eigenvalue weighted by Gasteiger charge is -2.21. The Bertz CT molecular complexity index is 886. The zero-order valence-corrected chi connectivity index (χ0v) is 16.0. The molecule has 4 heterocycles. The van der Waals surface area contributed by atoms with Gasteiger partial charge in [0.1, 0.15) is 18.4 Å². The third kappa shape index (κ3) is 3.30. The Morgan fingerprint density at radius 1 is 1.15 bits per heavy atom. The molecule has 0 saturated carbocycles. The van der Waals surface area contributed by atoms with Crippen LogP contribution in [-0.2, 0) is 17.6 Å². The first kappa shape index (κ1) is 17.0. The SMILES string of the molecule is c1csc(-c2c3c(nc(O[C@H]4CCOC4)c2C2=NN=NC2)CCCCC3)c1. The van der Waals surface area contributed by atoms with Crippen LogP contribution < -0.4 is 4.74 Å². The van der Waals surface area contributed by atoms with Crippen molar-refractivity contribution in [3.05, 3.63) is 34.3 Å². The van der Waals surface area contributed by atoms with E-state index in [1.807, 2.05) is 0 Å². The smallest absolute Gasteiger partial charge is 0.224 e. The highest BCUT2D eigenvalue weighted by Crippen LogP contribution is 2.40. The normalized spacial score (nSPS) is 21.8. The van der Waals surface area contributed by atoms with Crippen molar-refractivity contribution in [2.75, 3.05) is 19.8 Å². The van der Waals surface area contributed by atoms with Gasteiger partial charge in [0, 0.05) is 22.6 Å². The van der Waals surface area contributed by atoms with E-state index in [-0.39, 0.29) is 6.10 Å². The van der Waals surface area contributed by atoms with Crippen LogP contribution >= 0.6 is 11.3 Å². The standard InChI is InChI=1S/C20H22N4O2S/c1-2-5-14-15(6-3-1)22-20(26-13-8-9-25-12-13)19(16-11-21-24-23-16)18(14)17-7-4-10-27-17/h4,7,10,13H,1-3,5-6,8-9,11-12H2/t13-/m0/s1. The molecule has 5 rings (SSSR count). The first-order valence-corrected chi connectivity index (χ1v) is 10.6. The van der Waals surface area contributed by atoms with Crippen molar-refractivity contribution in [3.8, 4) is 16.3 Å². The molecule has 0 aromatic carbocycles. The number of hydrogen-bond acceptors (Lipinski definition) is 7. The Labute approximate surface area is 162 Å². The summed E-state index contributed by atoms with van der Waals surface area (Å²) in [6.07, 6.45) is 6.63. The van der Waals surface area contributed by atoms with Gasteiger partial charge in [-0.05, 0) is 47.9 Å². The van der Waals surface area contributed by atoms with Gasteiger partial charge in [-0.3, -0.25) is 0 Å². The molecule has 1 saturated heterocycles. The molecule has 2 aromatic heterocycles. The maximum Gasteiger partial charge on any atom is 0.224 e. The fourth-order valence-electron chi connectivity index (χ4n) is 4.05. The third-order valence-electron chi connectivity index (χ3n) is 5.36. The van der Waals surface area contributed by atoms with Crippen LogP contribution in [0.3, 0.4) is 0 Å². The first-order valence-electron chi connectivity index (χ1n) is 9.68. The van der Waals surface area contributed by atoms with Crippen LogP contribution in [0.5, 0.6) is 5.88 Å². The highest BCUT2D eigenvalue weighted by atomic mass is 32.1. The lowest BCUT2D eigenvalue weighted by Crippen LogP contribution is -2.21. The molecule has 2 aliphatic heterocycles. The molecule has 3 aliphatic rings. The summed E-state index contributed by atoms with van der Waals surface area (Å²) >= 11 is 1.76. The minimum atomic E-state index is 0.0483. The number of nitrogens with zero attached hydrogens (tertiary/aromatic N) is 4. The van der Waals surface area contributed by atoms with Gasteiger partial charge < -0.3 is 9.47 Å². The molecule has 0 amide bonds. The molecule has 1 fully saturated rings. The summed E-state index contributed by atoms with van der Waals surface area (Å²) in [6.45, 7) is 1.85. The van der Waals surface area contributed by atoms with Crippen LogP contribution in [0.2, 0.25) is 0 Å². The summed E-state index contributed by atoms with van der Waals surface area (Å²) in [5.41, 5.74) is 5.61. The van der Waals surface area contributed by atoms with Crippen LogP contribution in [0.25, 0.3) is 10.4 Å². The minimum Gasteiger partial charge on any atom is -0.471 e. The largest absolute Gasteiger partial charge is 0.471 e. The van der Waals surface area contributed by atoms with Crippen molar-refractivity contribution < 1.29 is 9.47 Å². The van der Waals surface area contributed by atoms with Crippen LogP contribution in [-0.4, -0.2) is 36.6 Å². The quantitative estimate of drug-likeness (QED) is 0.735. The maximum absolute atomic E-state index is 6.37. The van der Waals surface area contributed by atoms with E-state index in [0.717, 1.165) is 37.1 Å². The lowest BCUT2D eigenvalue weighted by molar-refractivity contribution is 0.137.